The predicted octanol–water partition coefficient (Wildman–Crippen LogP) is 2.11. The second-order valence-electron chi connectivity index (χ2n) is 4.09. The van der Waals surface area contributed by atoms with E-state index in [-0.39, 0.29) is 6.10 Å². The maximum absolute atomic E-state index is 8.97. The number of ether oxygens (including phenoxy) is 1. The lowest BCUT2D eigenvalue weighted by atomic mass is 10.2. The summed E-state index contributed by atoms with van der Waals surface area (Å²) in [7, 11) is 0. The van der Waals surface area contributed by atoms with Crippen molar-refractivity contribution in [3.8, 4) is 17.5 Å². The Kier molecular flexibility index (Phi) is 3.20. The zero-order valence-electron chi connectivity index (χ0n) is 10.3. The van der Waals surface area contributed by atoms with Crippen molar-refractivity contribution in [3.05, 3.63) is 36.4 Å². The summed E-state index contributed by atoms with van der Waals surface area (Å²) in [5, 5.41) is 8.97. The number of nitrogens with two attached hydrogens (primary N) is 1. The van der Waals surface area contributed by atoms with Crippen LogP contribution < -0.4 is 10.5 Å². The lowest BCUT2D eigenvalue weighted by Crippen LogP contribution is -2.09. The van der Waals surface area contributed by atoms with E-state index >= 15 is 0 Å². The number of nitrogens with zero attached hydrogens (tertiary/aromatic N) is 3. The zero-order chi connectivity index (χ0) is 13.1. The van der Waals surface area contributed by atoms with E-state index in [9.17, 15) is 0 Å². The van der Waals surface area contributed by atoms with Crippen molar-refractivity contribution in [2.45, 2.75) is 20.0 Å². The van der Waals surface area contributed by atoms with Gasteiger partial charge in [-0.05, 0) is 26.0 Å². The zero-order valence-corrected chi connectivity index (χ0v) is 10.3. The molecule has 0 amide bonds. The van der Waals surface area contributed by atoms with E-state index < -0.39 is 0 Å². The van der Waals surface area contributed by atoms with Crippen molar-refractivity contribution in [2.75, 3.05) is 5.73 Å². The minimum atomic E-state index is 0.0424. The standard InChI is InChI=1S/C13H14N4O/c1-9(2)18-11-5-3-4-10(13(11)15)17-7-6-16-12(17)8-14/h3-7,9H,15H2,1-2H3. The summed E-state index contributed by atoms with van der Waals surface area (Å²) in [5.41, 5.74) is 7.26. The van der Waals surface area contributed by atoms with Crippen molar-refractivity contribution in [2.24, 2.45) is 0 Å². The molecule has 0 aliphatic carbocycles. The van der Waals surface area contributed by atoms with Crippen LogP contribution in [0.15, 0.2) is 30.6 Å². The number of nitrogen functional groups attached to an aromatic ring is 1. The molecule has 1 aromatic carbocycles. The molecule has 18 heavy (non-hydrogen) atoms. The Morgan fingerprint density at radius 3 is 2.89 bits per heavy atom. The maximum atomic E-state index is 8.97. The molecular weight excluding hydrogens is 228 g/mol. The van der Waals surface area contributed by atoms with E-state index in [4.69, 9.17) is 15.7 Å². The van der Waals surface area contributed by atoms with Gasteiger partial charge in [0, 0.05) is 12.4 Å². The molecule has 5 heteroatoms. The molecule has 0 saturated carbocycles. The molecule has 0 aliphatic rings. The first-order valence-corrected chi connectivity index (χ1v) is 5.62. The fraction of sp³-hybridized carbons (Fsp3) is 0.231. The highest BCUT2D eigenvalue weighted by molar-refractivity contribution is 5.67. The molecule has 0 radical (unpaired) electrons. The molecule has 0 bridgehead atoms. The highest BCUT2D eigenvalue weighted by Gasteiger charge is 2.11. The minimum Gasteiger partial charge on any atom is -0.489 e. The quantitative estimate of drug-likeness (QED) is 0.836. The highest BCUT2D eigenvalue weighted by atomic mass is 16.5. The Morgan fingerprint density at radius 1 is 1.44 bits per heavy atom. The summed E-state index contributed by atoms with van der Waals surface area (Å²) in [6, 6.07) is 7.49. The van der Waals surface area contributed by atoms with Crippen LogP contribution in [0, 0.1) is 11.3 Å². The summed E-state index contributed by atoms with van der Waals surface area (Å²) in [4.78, 5) is 3.95. The van der Waals surface area contributed by atoms with Crippen LogP contribution in [0.25, 0.3) is 5.69 Å². The van der Waals surface area contributed by atoms with Gasteiger partial charge in [-0.15, -0.1) is 0 Å². The molecular formula is C13H14N4O. The van der Waals surface area contributed by atoms with Gasteiger partial charge >= 0.3 is 0 Å². The van der Waals surface area contributed by atoms with Gasteiger partial charge in [0.1, 0.15) is 11.8 Å². The number of aromatic nitrogens is 2. The molecule has 2 aromatic rings. The number of hydrogen-bond acceptors (Lipinski definition) is 4. The molecule has 0 saturated heterocycles. The van der Waals surface area contributed by atoms with E-state index in [1.807, 2.05) is 38.1 Å². The van der Waals surface area contributed by atoms with Gasteiger partial charge < -0.3 is 10.5 Å². The second-order valence-corrected chi connectivity index (χ2v) is 4.09. The number of nitriles is 1. The predicted molar refractivity (Wildman–Crippen MR) is 68.5 cm³/mol. The summed E-state index contributed by atoms with van der Waals surface area (Å²) in [5.74, 6) is 0.906. The molecule has 0 aliphatic heterocycles. The van der Waals surface area contributed by atoms with Gasteiger partial charge in [-0.1, -0.05) is 6.07 Å². The van der Waals surface area contributed by atoms with Crippen molar-refractivity contribution < 1.29 is 4.74 Å². The third kappa shape index (κ3) is 2.13. The third-order valence-electron chi connectivity index (χ3n) is 2.41. The van der Waals surface area contributed by atoms with Crippen LogP contribution in [0.3, 0.4) is 0 Å². The van der Waals surface area contributed by atoms with Crippen LogP contribution in [-0.2, 0) is 0 Å². The molecule has 0 atom stereocenters. The summed E-state index contributed by atoms with van der Waals surface area (Å²) in [6.07, 6.45) is 3.30. The lowest BCUT2D eigenvalue weighted by Gasteiger charge is -2.15. The van der Waals surface area contributed by atoms with Gasteiger partial charge in [-0.25, -0.2) is 4.98 Å². The first kappa shape index (κ1) is 12.0. The Labute approximate surface area is 105 Å². The molecule has 0 fully saturated rings. The van der Waals surface area contributed by atoms with Crippen molar-refractivity contribution in [1.82, 2.24) is 9.55 Å². The van der Waals surface area contributed by atoms with Crippen molar-refractivity contribution >= 4 is 5.69 Å². The average Bonchev–Trinajstić information content (AvgIpc) is 2.79. The van der Waals surface area contributed by atoms with Gasteiger partial charge in [-0.2, -0.15) is 5.26 Å². The molecule has 2 rings (SSSR count). The second kappa shape index (κ2) is 4.80. The topological polar surface area (TPSA) is 76.9 Å². The van der Waals surface area contributed by atoms with E-state index in [1.165, 1.54) is 0 Å². The average molecular weight is 242 g/mol. The number of rotatable bonds is 3. The van der Waals surface area contributed by atoms with Crippen molar-refractivity contribution in [1.29, 1.82) is 5.26 Å². The third-order valence-corrected chi connectivity index (χ3v) is 2.41. The van der Waals surface area contributed by atoms with Gasteiger partial charge in [0.25, 0.3) is 0 Å². The van der Waals surface area contributed by atoms with E-state index in [0.29, 0.717) is 22.9 Å². The van der Waals surface area contributed by atoms with Gasteiger partial charge in [0.15, 0.2) is 0 Å². The molecule has 92 valence electrons. The van der Waals surface area contributed by atoms with Crippen LogP contribution >= 0.6 is 0 Å². The molecule has 0 unspecified atom stereocenters. The highest BCUT2D eigenvalue weighted by Crippen LogP contribution is 2.29. The largest absolute Gasteiger partial charge is 0.489 e. The Hall–Kier alpha value is -2.48. The summed E-state index contributed by atoms with van der Waals surface area (Å²) in [6.45, 7) is 3.87. The molecule has 5 nitrogen and oxygen atoms in total. The normalized spacial score (nSPS) is 10.3. The lowest BCUT2D eigenvalue weighted by molar-refractivity contribution is 0.244. The van der Waals surface area contributed by atoms with Gasteiger partial charge in [0.2, 0.25) is 5.82 Å². The first-order chi connectivity index (χ1) is 8.63. The van der Waals surface area contributed by atoms with Crippen molar-refractivity contribution in [3.63, 3.8) is 0 Å². The van der Waals surface area contributed by atoms with Crippen LogP contribution in [0.2, 0.25) is 0 Å². The molecule has 2 N–H and O–H groups in total. The van der Waals surface area contributed by atoms with Crippen LogP contribution in [0.5, 0.6) is 5.75 Å². The Balaban J connectivity index is 2.50. The number of para-hydroxylation sites is 1. The fourth-order valence-electron chi connectivity index (χ4n) is 1.68. The molecule has 1 aromatic heterocycles. The van der Waals surface area contributed by atoms with Gasteiger partial charge in [-0.3, -0.25) is 4.57 Å². The summed E-state index contributed by atoms with van der Waals surface area (Å²) >= 11 is 0. The maximum Gasteiger partial charge on any atom is 0.217 e. The number of hydrogen-bond donors (Lipinski definition) is 1. The smallest absolute Gasteiger partial charge is 0.217 e. The summed E-state index contributed by atoms with van der Waals surface area (Å²) < 4.78 is 7.26. The SMILES string of the molecule is CC(C)Oc1cccc(-n2ccnc2C#N)c1N. The van der Waals surface area contributed by atoms with Crippen LogP contribution in [-0.4, -0.2) is 15.7 Å². The van der Waals surface area contributed by atoms with Crippen LogP contribution in [0.1, 0.15) is 19.7 Å². The fourth-order valence-corrected chi connectivity index (χ4v) is 1.68. The number of anilines is 1. The first-order valence-electron chi connectivity index (χ1n) is 5.62. The minimum absolute atomic E-state index is 0.0424. The monoisotopic (exact) mass is 242 g/mol. The molecule has 0 spiro atoms. The van der Waals surface area contributed by atoms with E-state index in [1.54, 1.807) is 17.0 Å². The Morgan fingerprint density at radius 2 is 2.22 bits per heavy atom. The van der Waals surface area contributed by atoms with Crippen LogP contribution in [0.4, 0.5) is 5.69 Å². The molecule has 1 heterocycles. The number of imidazole rings is 1. The van der Waals surface area contributed by atoms with E-state index in [2.05, 4.69) is 4.98 Å². The van der Waals surface area contributed by atoms with E-state index in [0.717, 1.165) is 0 Å². The Bertz CT molecular complexity index is 595. The van der Waals surface area contributed by atoms with Gasteiger partial charge in [0.05, 0.1) is 17.5 Å². The number of benzene rings is 1.